The van der Waals surface area contributed by atoms with Gasteiger partial charge in [-0.3, -0.25) is 0 Å². The average Bonchev–Trinajstić information content (AvgIpc) is 2.62. The van der Waals surface area contributed by atoms with Crippen LogP contribution in [0.5, 0.6) is 0 Å². The van der Waals surface area contributed by atoms with Crippen LogP contribution in [0.25, 0.3) is 0 Å². The standard InChI is InChI=1S/C9H16/c1-3-5-6-9-7-8(9)4-2/h4,8-9H,2-3,5-7H2,1H3. The van der Waals surface area contributed by atoms with Gasteiger partial charge < -0.3 is 0 Å². The molecule has 0 amide bonds. The fourth-order valence-electron chi connectivity index (χ4n) is 1.36. The van der Waals surface area contributed by atoms with Crippen molar-refractivity contribution in [2.75, 3.05) is 0 Å². The van der Waals surface area contributed by atoms with Crippen LogP contribution >= 0.6 is 0 Å². The highest BCUT2D eigenvalue weighted by Gasteiger charge is 2.32. The summed E-state index contributed by atoms with van der Waals surface area (Å²) in [5, 5.41) is 0. The second kappa shape index (κ2) is 3.05. The van der Waals surface area contributed by atoms with Gasteiger partial charge in [-0.15, -0.1) is 6.58 Å². The quantitative estimate of drug-likeness (QED) is 0.505. The van der Waals surface area contributed by atoms with E-state index in [1.54, 1.807) is 0 Å². The third kappa shape index (κ3) is 1.85. The summed E-state index contributed by atoms with van der Waals surface area (Å²) in [6.07, 6.45) is 7.73. The zero-order chi connectivity index (χ0) is 6.69. The number of rotatable bonds is 4. The summed E-state index contributed by atoms with van der Waals surface area (Å²) in [5.41, 5.74) is 0. The van der Waals surface area contributed by atoms with Crippen molar-refractivity contribution in [3.63, 3.8) is 0 Å². The van der Waals surface area contributed by atoms with Crippen molar-refractivity contribution in [2.24, 2.45) is 11.8 Å². The first kappa shape index (κ1) is 6.85. The van der Waals surface area contributed by atoms with Gasteiger partial charge in [-0.2, -0.15) is 0 Å². The Hall–Kier alpha value is -0.260. The molecule has 2 unspecified atom stereocenters. The molecule has 0 heterocycles. The molecule has 1 aliphatic carbocycles. The summed E-state index contributed by atoms with van der Waals surface area (Å²) in [6, 6.07) is 0. The topological polar surface area (TPSA) is 0 Å². The van der Waals surface area contributed by atoms with Gasteiger partial charge in [-0.1, -0.05) is 25.8 Å². The predicted octanol–water partition coefficient (Wildman–Crippen LogP) is 3.00. The maximum atomic E-state index is 3.78. The highest BCUT2D eigenvalue weighted by molar-refractivity contribution is 4.97. The lowest BCUT2D eigenvalue weighted by atomic mass is 10.1. The van der Waals surface area contributed by atoms with Crippen molar-refractivity contribution in [1.29, 1.82) is 0 Å². The first-order chi connectivity index (χ1) is 4.38. The van der Waals surface area contributed by atoms with Gasteiger partial charge in [0.25, 0.3) is 0 Å². The number of allylic oxidation sites excluding steroid dienone is 1. The summed E-state index contributed by atoms with van der Waals surface area (Å²) < 4.78 is 0. The zero-order valence-electron chi connectivity index (χ0n) is 6.27. The molecule has 1 rings (SSSR count). The molecule has 1 aliphatic rings. The monoisotopic (exact) mass is 124 g/mol. The van der Waals surface area contributed by atoms with E-state index in [4.69, 9.17) is 0 Å². The molecule has 0 aliphatic heterocycles. The van der Waals surface area contributed by atoms with E-state index in [1.165, 1.54) is 25.7 Å². The van der Waals surface area contributed by atoms with Crippen LogP contribution in [0.2, 0.25) is 0 Å². The second-order valence-corrected chi connectivity index (χ2v) is 3.04. The Balaban J connectivity index is 1.98. The van der Waals surface area contributed by atoms with Gasteiger partial charge in [-0.05, 0) is 24.7 Å². The molecule has 0 bridgehead atoms. The first-order valence-electron chi connectivity index (χ1n) is 4.01. The van der Waals surface area contributed by atoms with Gasteiger partial charge in [-0.25, -0.2) is 0 Å². The molecule has 0 saturated heterocycles. The fraction of sp³-hybridized carbons (Fsp3) is 0.778. The molecule has 9 heavy (non-hydrogen) atoms. The van der Waals surface area contributed by atoms with E-state index in [2.05, 4.69) is 19.6 Å². The summed E-state index contributed by atoms with van der Waals surface area (Å²) >= 11 is 0. The third-order valence-electron chi connectivity index (χ3n) is 2.21. The first-order valence-corrected chi connectivity index (χ1v) is 4.01. The molecule has 0 aromatic carbocycles. The van der Waals surface area contributed by atoms with Gasteiger partial charge in [0.05, 0.1) is 0 Å². The van der Waals surface area contributed by atoms with Crippen molar-refractivity contribution in [2.45, 2.75) is 32.6 Å². The Bertz CT molecular complexity index is 94.2. The normalized spacial score (nSPS) is 32.1. The summed E-state index contributed by atoms with van der Waals surface area (Å²) in [5.74, 6) is 1.90. The Morgan fingerprint density at radius 2 is 2.44 bits per heavy atom. The van der Waals surface area contributed by atoms with Crippen LogP contribution in [0.15, 0.2) is 12.7 Å². The smallest absolute Gasteiger partial charge is 0.0205 e. The van der Waals surface area contributed by atoms with Gasteiger partial charge in [0, 0.05) is 0 Å². The van der Waals surface area contributed by atoms with E-state index in [9.17, 15) is 0 Å². The molecule has 1 fully saturated rings. The Labute approximate surface area is 58.0 Å². The zero-order valence-corrected chi connectivity index (χ0v) is 6.27. The lowest BCUT2D eigenvalue weighted by Crippen LogP contribution is -1.78. The van der Waals surface area contributed by atoms with Gasteiger partial charge in [0.2, 0.25) is 0 Å². The minimum absolute atomic E-state index is 0.886. The highest BCUT2D eigenvalue weighted by Crippen LogP contribution is 2.42. The molecule has 0 aromatic rings. The molecule has 0 aromatic heterocycles. The van der Waals surface area contributed by atoms with E-state index in [0.717, 1.165) is 11.8 Å². The van der Waals surface area contributed by atoms with Crippen LogP contribution in [0.4, 0.5) is 0 Å². The lowest BCUT2D eigenvalue weighted by molar-refractivity contribution is 0.634. The van der Waals surface area contributed by atoms with Gasteiger partial charge in [0.1, 0.15) is 0 Å². The average molecular weight is 124 g/mol. The number of unbranched alkanes of at least 4 members (excludes halogenated alkanes) is 1. The SMILES string of the molecule is C=CC1CC1CCCC. The number of hydrogen-bond donors (Lipinski definition) is 0. The van der Waals surface area contributed by atoms with Crippen molar-refractivity contribution in [3.8, 4) is 0 Å². The van der Waals surface area contributed by atoms with Crippen molar-refractivity contribution >= 4 is 0 Å². The minimum Gasteiger partial charge on any atom is -0.103 e. The van der Waals surface area contributed by atoms with E-state index >= 15 is 0 Å². The van der Waals surface area contributed by atoms with Crippen molar-refractivity contribution in [3.05, 3.63) is 12.7 Å². The van der Waals surface area contributed by atoms with Crippen LogP contribution in [0.3, 0.4) is 0 Å². The summed E-state index contributed by atoms with van der Waals surface area (Å²) in [4.78, 5) is 0. The molecule has 0 nitrogen and oxygen atoms in total. The third-order valence-corrected chi connectivity index (χ3v) is 2.21. The lowest BCUT2D eigenvalue weighted by Gasteiger charge is -1.91. The van der Waals surface area contributed by atoms with Crippen molar-refractivity contribution in [1.82, 2.24) is 0 Å². The molecule has 0 spiro atoms. The van der Waals surface area contributed by atoms with E-state index in [-0.39, 0.29) is 0 Å². The van der Waals surface area contributed by atoms with E-state index in [0.29, 0.717) is 0 Å². The molecular formula is C9H16. The van der Waals surface area contributed by atoms with E-state index < -0.39 is 0 Å². The van der Waals surface area contributed by atoms with E-state index in [1.807, 2.05) is 0 Å². The molecule has 2 atom stereocenters. The fourth-order valence-corrected chi connectivity index (χ4v) is 1.36. The van der Waals surface area contributed by atoms with Crippen molar-refractivity contribution < 1.29 is 0 Å². The van der Waals surface area contributed by atoms with Gasteiger partial charge >= 0.3 is 0 Å². The Morgan fingerprint density at radius 1 is 1.67 bits per heavy atom. The molecule has 0 radical (unpaired) electrons. The Kier molecular flexibility index (Phi) is 2.32. The summed E-state index contributed by atoms with van der Waals surface area (Å²) in [7, 11) is 0. The Morgan fingerprint density at radius 3 is 2.89 bits per heavy atom. The number of hydrogen-bond acceptors (Lipinski definition) is 0. The summed E-state index contributed by atoms with van der Waals surface area (Å²) in [6.45, 7) is 6.04. The van der Waals surface area contributed by atoms with Crippen LogP contribution in [-0.2, 0) is 0 Å². The van der Waals surface area contributed by atoms with Gasteiger partial charge in [0.15, 0.2) is 0 Å². The molecule has 1 saturated carbocycles. The molecular weight excluding hydrogens is 108 g/mol. The minimum atomic E-state index is 0.886. The van der Waals surface area contributed by atoms with Crippen LogP contribution in [0, 0.1) is 11.8 Å². The second-order valence-electron chi connectivity index (χ2n) is 3.04. The largest absolute Gasteiger partial charge is 0.103 e. The van der Waals surface area contributed by atoms with Crippen LogP contribution in [0.1, 0.15) is 32.6 Å². The molecule has 52 valence electrons. The maximum Gasteiger partial charge on any atom is -0.0205 e. The predicted molar refractivity (Wildman–Crippen MR) is 41.3 cm³/mol. The highest BCUT2D eigenvalue weighted by atomic mass is 14.4. The maximum absolute atomic E-state index is 3.78. The molecule has 0 heteroatoms. The molecule has 0 N–H and O–H groups in total. The van der Waals surface area contributed by atoms with Crippen LogP contribution < -0.4 is 0 Å². The van der Waals surface area contributed by atoms with Crippen LogP contribution in [-0.4, -0.2) is 0 Å².